The lowest BCUT2D eigenvalue weighted by Crippen LogP contribution is -2.37. The molecule has 110 valence electrons. The van der Waals surface area contributed by atoms with Gasteiger partial charge in [-0.2, -0.15) is 4.98 Å². The van der Waals surface area contributed by atoms with Crippen molar-refractivity contribution >= 4 is 22.5 Å². The first kappa shape index (κ1) is 13.8. The van der Waals surface area contributed by atoms with E-state index in [1.165, 1.54) is 7.11 Å². The molecule has 1 amide bonds. The number of aromatic nitrogens is 2. The lowest BCUT2D eigenvalue weighted by Gasteiger charge is -2.21. The van der Waals surface area contributed by atoms with Crippen LogP contribution in [0, 0.1) is 6.92 Å². The van der Waals surface area contributed by atoms with Crippen LogP contribution in [0.2, 0.25) is 0 Å². The van der Waals surface area contributed by atoms with E-state index in [0.29, 0.717) is 11.7 Å². The maximum atomic E-state index is 12.4. The molecular weight excluding hydrogens is 270 g/mol. The summed E-state index contributed by atoms with van der Waals surface area (Å²) in [6.45, 7) is 3.58. The van der Waals surface area contributed by atoms with Crippen molar-refractivity contribution in [3.63, 3.8) is 0 Å². The second kappa shape index (κ2) is 4.39. The molecule has 2 aromatic rings. The van der Waals surface area contributed by atoms with Gasteiger partial charge in [-0.1, -0.05) is 0 Å². The summed E-state index contributed by atoms with van der Waals surface area (Å²) in [5.74, 6) is 1.03. The number of anilines is 1. The molecule has 0 bridgehead atoms. The molecule has 0 aliphatic carbocycles. The minimum Gasteiger partial charge on any atom is -0.480 e. The highest BCUT2D eigenvalue weighted by Crippen LogP contribution is 2.44. The van der Waals surface area contributed by atoms with Crippen LogP contribution in [0.4, 0.5) is 5.69 Å². The van der Waals surface area contributed by atoms with E-state index in [-0.39, 0.29) is 5.91 Å². The third-order valence-corrected chi connectivity index (χ3v) is 4.08. The lowest BCUT2D eigenvalue weighted by atomic mass is 9.96. The Kier molecular flexibility index (Phi) is 2.88. The highest BCUT2D eigenvalue weighted by Gasteiger charge is 2.46. The molecule has 1 atom stereocenters. The molecule has 0 unspecified atom stereocenters. The molecular formula is C15H17N3O3. The maximum Gasteiger partial charge on any atom is 0.263 e. The highest BCUT2D eigenvalue weighted by molar-refractivity contribution is 6.09. The van der Waals surface area contributed by atoms with E-state index in [2.05, 4.69) is 9.97 Å². The van der Waals surface area contributed by atoms with Crippen molar-refractivity contribution in [2.24, 2.45) is 0 Å². The fourth-order valence-electron chi connectivity index (χ4n) is 2.80. The van der Waals surface area contributed by atoms with E-state index >= 15 is 0 Å². The predicted octanol–water partition coefficient (Wildman–Crippen LogP) is 1.78. The number of aryl methyl sites for hydroxylation is 1. The number of methoxy groups -OCH3 is 2. The molecule has 1 aliphatic heterocycles. The van der Waals surface area contributed by atoms with Crippen LogP contribution in [0.15, 0.2) is 12.1 Å². The first-order chi connectivity index (χ1) is 9.92. The number of hydrogen-bond acceptors (Lipinski definition) is 5. The van der Waals surface area contributed by atoms with Crippen LogP contribution in [-0.4, -0.2) is 37.1 Å². The topological polar surface area (TPSA) is 64.6 Å². The lowest BCUT2D eigenvalue weighted by molar-refractivity contribution is -0.137. The van der Waals surface area contributed by atoms with E-state index in [0.717, 1.165) is 22.2 Å². The van der Waals surface area contributed by atoms with Crippen LogP contribution >= 0.6 is 0 Å². The molecule has 6 heteroatoms. The minimum atomic E-state index is -0.982. The minimum absolute atomic E-state index is 0.0982. The average Bonchev–Trinajstić information content (AvgIpc) is 2.67. The van der Waals surface area contributed by atoms with Crippen LogP contribution in [-0.2, 0) is 15.1 Å². The van der Waals surface area contributed by atoms with Gasteiger partial charge < -0.3 is 14.4 Å². The van der Waals surface area contributed by atoms with E-state index in [1.807, 2.05) is 19.1 Å². The SMILES string of the molecule is COc1nc(C)nc2cc3c(cc12)N(C)C(=O)[C@@]3(C)OC. The number of ether oxygens (including phenoxy) is 2. The standard InChI is InChI=1S/C15H17N3O3/c1-8-16-11-7-10-12(6-9(11)13(17-8)20-4)18(3)14(19)15(10,2)21-5/h6-7H,1-5H3/t15-/m0/s1. The van der Waals surface area contributed by atoms with Gasteiger partial charge in [0.05, 0.1) is 23.7 Å². The number of rotatable bonds is 2. The number of benzene rings is 1. The Morgan fingerprint density at radius 2 is 1.95 bits per heavy atom. The summed E-state index contributed by atoms with van der Waals surface area (Å²) in [6.07, 6.45) is 0. The maximum absolute atomic E-state index is 12.4. The Morgan fingerprint density at radius 1 is 1.24 bits per heavy atom. The molecule has 0 saturated heterocycles. The van der Waals surface area contributed by atoms with Gasteiger partial charge in [0.2, 0.25) is 5.88 Å². The van der Waals surface area contributed by atoms with Crippen LogP contribution in [0.3, 0.4) is 0 Å². The van der Waals surface area contributed by atoms with Crippen molar-refractivity contribution in [2.45, 2.75) is 19.4 Å². The Morgan fingerprint density at radius 3 is 2.57 bits per heavy atom. The molecule has 0 spiro atoms. The third-order valence-electron chi connectivity index (χ3n) is 4.08. The fraction of sp³-hybridized carbons (Fsp3) is 0.400. The number of carbonyl (C=O) groups is 1. The molecule has 0 saturated carbocycles. The van der Waals surface area contributed by atoms with Gasteiger partial charge in [-0.05, 0) is 26.0 Å². The molecule has 0 fully saturated rings. The van der Waals surface area contributed by atoms with Gasteiger partial charge in [0, 0.05) is 19.7 Å². The van der Waals surface area contributed by atoms with Crippen molar-refractivity contribution in [3.05, 3.63) is 23.5 Å². The van der Waals surface area contributed by atoms with Crippen LogP contribution < -0.4 is 9.64 Å². The zero-order chi connectivity index (χ0) is 15.4. The van der Waals surface area contributed by atoms with Crippen molar-refractivity contribution in [3.8, 4) is 5.88 Å². The van der Waals surface area contributed by atoms with E-state index in [9.17, 15) is 4.79 Å². The number of nitrogens with zero attached hydrogens (tertiary/aromatic N) is 3. The molecule has 1 aromatic carbocycles. The van der Waals surface area contributed by atoms with E-state index in [4.69, 9.17) is 9.47 Å². The average molecular weight is 287 g/mol. The van der Waals surface area contributed by atoms with Crippen LogP contribution in [0.25, 0.3) is 10.9 Å². The number of likely N-dealkylation sites (N-methyl/N-ethyl adjacent to an activating group) is 1. The largest absolute Gasteiger partial charge is 0.480 e. The Bertz CT molecular complexity index is 759. The Hall–Kier alpha value is -2.21. The van der Waals surface area contributed by atoms with Gasteiger partial charge in [-0.25, -0.2) is 4.98 Å². The van der Waals surface area contributed by atoms with Crippen molar-refractivity contribution in [2.75, 3.05) is 26.2 Å². The number of fused-ring (bicyclic) bond motifs is 2. The fourth-order valence-corrected chi connectivity index (χ4v) is 2.80. The van der Waals surface area contributed by atoms with Gasteiger partial charge in [-0.3, -0.25) is 4.79 Å². The molecule has 6 nitrogen and oxygen atoms in total. The summed E-state index contributed by atoms with van der Waals surface area (Å²) < 4.78 is 10.8. The second-order valence-corrected chi connectivity index (χ2v) is 5.27. The van der Waals surface area contributed by atoms with Gasteiger partial charge in [0.1, 0.15) is 5.82 Å². The quantitative estimate of drug-likeness (QED) is 0.842. The smallest absolute Gasteiger partial charge is 0.263 e. The summed E-state index contributed by atoms with van der Waals surface area (Å²) in [6, 6.07) is 3.76. The number of amides is 1. The summed E-state index contributed by atoms with van der Waals surface area (Å²) in [4.78, 5) is 22.8. The van der Waals surface area contributed by atoms with E-state index < -0.39 is 5.60 Å². The molecule has 2 heterocycles. The molecule has 1 aromatic heterocycles. The summed E-state index contributed by atoms with van der Waals surface area (Å²) in [5, 5.41) is 0.779. The number of hydrogen-bond donors (Lipinski definition) is 0. The number of carbonyl (C=O) groups excluding carboxylic acids is 1. The van der Waals surface area contributed by atoms with Crippen molar-refractivity contribution in [1.29, 1.82) is 0 Å². The zero-order valence-corrected chi connectivity index (χ0v) is 12.7. The van der Waals surface area contributed by atoms with Gasteiger partial charge in [0.25, 0.3) is 5.91 Å². The zero-order valence-electron chi connectivity index (χ0n) is 12.7. The molecule has 3 rings (SSSR count). The van der Waals surface area contributed by atoms with Crippen LogP contribution in [0.1, 0.15) is 18.3 Å². The van der Waals surface area contributed by atoms with Crippen molar-refractivity contribution in [1.82, 2.24) is 9.97 Å². The normalized spacial score (nSPS) is 21.0. The predicted molar refractivity (Wildman–Crippen MR) is 78.6 cm³/mol. The monoisotopic (exact) mass is 287 g/mol. The molecule has 0 N–H and O–H groups in total. The third kappa shape index (κ3) is 1.72. The highest BCUT2D eigenvalue weighted by atomic mass is 16.5. The van der Waals surface area contributed by atoms with Gasteiger partial charge in [0.15, 0.2) is 5.60 Å². The summed E-state index contributed by atoms with van der Waals surface area (Å²) >= 11 is 0. The molecule has 0 radical (unpaired) electrons. The summed E-state index contributed by atoms with van der Waals surface area (Å²) in [5.41, 5.74) is 1.36. The Balaban J connectivity index is 2.37. The molecule has 1 aliphatic rings. The van der Waals surface area contributed by atoms with E-state index in [1.54, 1.807) is 26.0 Å². The Labute approximate surface area is 122 Å². The first-order valence-corrected chi connectivity index (χ1v) is 6.62. The first-order valence-electron chi connectivity index (χ1n) is 6.62. The van der Waals surface area contributed by atoms with Gasteiger partial charge in [-0.15, -0.1) is 0 Å². The van der Waals surface area contributed by atoms with Crippen molar-refractivity contribution < 1.29 is 14.3 Å². The molecule has 21 heavy (non-hydrogen) atoms. The summed E-state index contributed by atoms with van der Waals surface area (Å²) in [7, 11) is 4.85. The van der Waals surface area contributed by atoms with Gasteiger partial charge >= 0.3 is 0 Å². The second-order valence-electron chi connectivity index (χ2n) is 5.27. The van der Waals surface area contributed by atoms with Crippen LogP contribution in [0.5, 0.6) is 5.88 Å².